The molecule has 76 valence electrons. The molecule has 0 aliphatic rings. The molecule has 1 atom stereocenters. The molecular weight excluding hydrogens is 274 g/mol. The highest BCUT2D eigenvalue weighted by molar-refractivity contribution is 9.10. The second kappa shape index (κ2) is 4.54. The zero-order valence-electron chi connectivity index (χ0n) is 6.69. The first-order chi connectivity index (χ1) is 6.50. The second-order valence-electron chi connectivity index (χ2n) is 2.34. The average molecular weight is 279 g/mol. The van der Waals surface area contributed by atoms with Gasteiger partial charge in [-0.25, -0.2) is 4.79 Å². The quantitative estimate of drug-likeness (QED) is 0.817. The van der Waals surface area contributed by atoms with E-state index in [1.807, 2.05) is 0 Å². The lowest BCUT2D eigenvalue weighted by molar-refractivity contribution is 0.0697. The van der Waals surface area contributed by atoms with Crippen LogP contribution in [0.4, 0.5) is 5.69 Å². The highest BCUT2D eigenvalue weighted by Gasteiger charge is 2.06. The van der Waals surface area contributed by atoms with Crippen LogP contribution in [0.15, 0.2) is 22.7 Å². The van der Waals surface area contributed by atoms with E-state index in [-0.39, 0.29) is 11.3 Å². The summed E-state index contributed by atoms with van der Waals surface area (Å²) in [4.78, 5) is 10.6. The maximum absolute atomic E-state index is 10.6. The van der Waals surface area contributed by atoms with Crippen molar-refractivity contribution in [3.8, 4) is 0 Å². The predicted octanol–water partition coefficient (Wildman–Crippen LogP) is 1.35. The lowest BCUT2D eigenvalue weighted by Crippen LogP contribution is -2.04. The maximum atomic E-state index is 10.6. The van der Waals surface area contributed by atoms with E-state index in [9.17, 15) is 13.6 Å². The third-order valence-electron chi connectivity index (χ3n) is 1.41. The SMILES string of the molecule is O=C(O)c1ccc(Br)c(NS(=O)[O-])c1. The van der Waals surface area contributed by atoms with Crippen molar-refractivity contribution >= 4 is 38.9 Å². The number of carboxylic acids is 1. The Morgan fingerprint density at radius 3 is 2.71 bits per heavy atom. The number of aromatic carboxylic acids is 1. The molecule has 0 fully saturated rings. The Kier molecular flexibility index (Phi) is 3.62. The summed E-state index contributed by atoms with van der Waals surface area (Å²) in [5.74, 6) is -1.11. The van der Waals surface area contributed by atoms with Gasteiger partial charge in [0.25, 0.3) is 0 Å². The summed E-state index contributed by atoms with van der Waals surface area (Å²) in [5, 5.41) is 8.64. The molecule has 0 radical (unpaired) electrons. The summed E-state index contributed by atoms with van der Waals surface area (Å²) in [5.41, 5.74) is 0.208. The van der Waals surface area contributed by atoms with Gasteiger partial charge in [-0.2, -0.15) is 0 Å². The summed E-state index contributed by atoms with van der Waals surface area (Å²) < 4.78 is 23.2. The first-order valence-electron chi connectivity index (χ1n) is 3.39. The molecule has 1 aromatic rings. The summed E-state index contributed by atoms with van der Waals surface area (Å²) in [6.45, 7) is 0. The highest BCUT2D eigenvalue weighted by Crippen LogP contribution is 2.23. The number of hydrogen-bond acceptors (Lipinski definition) is 3. The van der Waals surface area contributed by atoms with Crippen LogP contribution in [-0.2, 0) is 11.3 Å². The fourth-order valence-corrected chi connectivity index (χ4v) is 1.65. The van der Waals surface area contributed by atoms with Gasteiger partial charge in [0, 0.05) is 15.7 Å². The first kappa shape index (κ1) is 11.2. The van der Waals surface area contributed by atoms with Crippen LogP contribution < -0.4 is 4.72 Å². The van der Waals surface area contributed by atoms with E-state index in [0.29, 0.717) is 4.47 Å². The van der Waals surface area contributed by atoms with Gasteiger partial charge in [-0.1, -0.05) is 0 Å². The molecule has 0 aliphatic heterocycles. The Labute approximate surface area is 90.7 Å². The van der Waals surface area contributed by atoms with Crippen LogP contribution in [0.25, 0.3) is 0 Å². The van der Waals surface area contributed by atoms with E-state index >= 15 is 0 Å². The number of halogens is 1. The second-order valence-corrected chi connectivity index (χ2v) is 3.86. The topological polar surface area (TPSA) is 89.5 Å². The number of carbonyl (C=O) groups is 1. The van der Waals surface area contributed by atoms with Crippen molar-refractivity contribution in [2.45, 2.75) is 0 Å². The van der Waals surface area contributed by atoms with Crippen LogP contribution >= 0.6 is 15.9 Å². The van der Waals surface area contributed by atoms with Gasteiger partial charge in [-0.15, -0.1) is 0 Å². The average Bonchev–Trinajstić information content (AvgIpc) is 2.07. The standard InChI is InChI=1S/C7H6BrNO4S/c8-5-2-1-4(7(10)11)3-6(5)9-14(12)13/h1-3,9H,(H,10,11)(H,12,13)/p-1. The molecule has 5 nitrogen and oxygen atoms in total. The van der Waals surface area contributed by atoms with E-state index in [4.69, 9.17) is 5.11 Å². The van der Waals surface area contributed by atoms with Gasteiger partial charge in [0.15, 0.2) is 0 Å². The Morgan fingerprint density at radius 1 is 1.57 bits per heavy atom. The van der Waals surface area contributed by atoms with Crippen LogP contribution in [0.1, 0.15) is 10.4 Å². The van der Waals surface area contributed by atoms with Crippen molar-refractivity contribution in [2.75, 3.05) is 4.72 Å². The summed E-state index contributed by atoms with van der Waals surface area (Å²) in [7, 11) is 0. The predicted molar refractivity (Wildman–Crippen MR) is 53.6 cm³/mol. The fourth-order valence-electron chi connectivity index (χ4n) is 0.826. The number of nitrogens with one attached hydrogen (secondary N) is 1. The molecule has 1 unspecified atom stereocenters. The van der Waals surface area contributed by atoms with Crippen molar-refractivity contribution in [2.24, 2.45) is 0 Å². The summed E-state index contributed by atoms with van der Waals surface area (Å²) in [6, 6.07) is 4.05. The molecule has 1 rings (SSSR count). The minimum atomic E-state index is -2.47. The molecule has 7 heteroatoms. The van der Waals surface area contributed by atoms with Crippen molar-refractivity contribution < 1.29 is 18.7 Å². The monoisotopic (exact) mass is 278 g/mol. The van der Waals surface area contributed by atoms with Crippen molar-refractivity contribution in [3.63, 3.8) is 0 Å². The maximum Gasteiger partial charge on any atom is 0.335 e. The number of benzene rings is 1. The molecule has 14 heavy (non-hydrogen) atoms. The zero-order chi connectivity index (χ0) is 10.7. The normalized spacial score (nSPS) is 12.1. The van der Waals surface area contributed by atoms with E-state index in [2.05, 4.69) is 20.7 Å². The van der Waals surface area contributed by atoms with Gasteiger partial charge < -0.3 is 14.4 Å². The van der Waals surface area contributed by atoms with Crippen LogP contribution in [-0.4, -0.2) is 19.8 Å². The van der Waals surface area contributed by atoms with E-state index < -0.39 is 17.2 Å². The van der Waals surface area contributed by atoms with E-state index in [1.165, 1.54) is 18.2 Å². The Hall–Kier alpha value is -0.920. The van der Waals surface area contributed by atoms with Gasteiger partial charge in [0.2, 0.25) is 0 Å². The number of carboxylic acid groups (broad SMARTS) is 1. The van der Waals surface area contributed by atoms with Crippen molar-refractivity contribution in [1.82, 2.24) is 0 Å². The molecule has 0 amide bonds. The van der Waals surface area contributed by atoms with Crippen LogP contribution in [0.2, 0.25) is 0 Å². The lowest BCUT2D eigenvalue weighted by atomic mass is 10.2. The number of rotatable bonds is 3. The van der Waals surface area contributed by atoms with Crippen molar-refractivity contribution in [1.29, 1.82) is 0 Å². The largest absolute Gasteiger partial charge is 0.755 e. The van der Waals surface area contributed by atoms with Crippen molar-refractivity contribution in [3.05, 3.63) is 28.2 Å². The molecule has 0 heterocycles. The summed E-state index contributed by atoms with van der Waals surface area (Å²) >= 11 is 0.608. The lowest BCUT2D eigenvalue weighted by Gasteiger charge is -2.10. The first-order valence-corrected chi connectivity index (χ1v) is 5.26. The Morgan fingerprint density at radius 2 is 2.21 bits per heavy atom. The van der Waals surface area contributed by atoms with Gasteiger partial charge in [0.05, 0.1) is 11.3 Å². The smallest absolute Gasteiger partial charge is 0.335 e. The Bertz CT molecular complexity index is 395. The van der Waals surface area contributed by atoms with Gasteiger partial charge in [-0.05, 0) is 34.1 Å². The molecule has 0 aromatic heterocycles. The number of anilines is 1. The van der Waals surface area contributed by atoms with E-state index in [1.54, 1.807) is 0 Å². The van der Waals surface area contributed by atoms with Gasteiger partial charge in [0.1, 0.15) is 0 Å². The molecule has 0 saturated heterocycles. The molecule has 0 spiro atoms. The third kappa shape index (κ3) is 2.79. The molecule has 0 saturated carbocycles. The highest BCUT2D eigenvalue weighted by atomic mass is 79.9. The van der Waals surface area contributed by atoms with Gasteiger partial charge in [-0.3, -0.25) is 4.21 Å². The third-order valence-corrected chi connectivity index (χ3v) is 2.48. The molecule has 2 N–H and O–H groups in total. The molecular formula is C7H5BrNO4S-. The minimum absolute atomic E-state index is 0.0150. The zero-order valence-corrected chi connectivity index (χ0v) is 9.09. The minimum Gasteiger partial charge on any atom is -0.755 e. The molecule has 1 aromatic carbocycles. The van der Waals surface area contributed by atoms with E-state index in [0.717, 1.165) is 0 Å². The number of hydrogen-bond donors (Lipinski definition) is 2. The molecule has 0 bridgehead atoms. The van der Waals surface area contributed by atoms with Crippen LogP contribution in [0, 0.1) is 0 Å². The van der Waals surface area contributed by atoms with Crippen LogP contribution in [0.5, 0.6) is 0 Å². The molecule has 0 aliphatic carbocycles. The summed E-state index contributed by atoms with van der Waals surface area (Å²) in [6.07, 6.45) is 0. The van der Waals surface area contributed by atoms with Gasteiger partial charge >= 0.3 is 5.97 Å². The van der Waals surface area contributed by atoms with Crippen LogP contribution in [0.3, 0.4) is 0 Å². The fraction of sp³-hybridized carbons (Fsp3) is 0. The Balaban J connectivity index is 3.08.